The van der Waals surface area contributed by atoms with Gasteiger partial charge in [0.1, 0.15) is 11.6 Å². The first kappa shape index (κ1) is 20.2. The number of hydrogen-bond acceptors (Lipinski definition) is 4. The van der Waals surface area contributed by atoms with Crippen LogP contribution in [0.25, 0.3) is 0 Å². The lowest BCUT2D eigenvalue weighted by Gasteiger charge is -2.37. The van der Waals surface area contributed by atoms with E-state index in [4.69, 9.17) is 0 Å². The minimum absolute atomic E-state index is 0.0571. The average molecular weight is 401 g/mol. The van der Waals surface area contributed by atoms with Crippen molar-refractivity contribution in [2.24, 2.45) is 0 Å². The molecule has 1 saturated carbocycles. The van der Waals surface area contributed by atoms with Gasteiger partial charge < -0.3 is 5.32 Å². The Labute approximate surface area is 158 Å². The summed E-state index contributed by atoms with van der Waals surface area (Å²) in [4.78, 5) is 13.4. The molecule has 2 fully saturated rings. The van der Waals surface area contributed by atoms with Gasteiger partial charge in [-0.3, -0.25) is 9.69 Å². The van der Waals surface area contributed by atoms with E-state index in [2.05, 4.69) is 5.32 Å². The van der Waals surface area contributed by atoms with E-state index < -0.39 is 26.6 Å². The number of halogens is 2. The van der Waals surface area contributed by atoms with Crippen molar-refractivity contribution in [2.75, 3.05) is 26.2 Å². The molecule has 1 N–H and O–H groups in total. The number of sulfonamides is 1. The number of hydrogen-bond donors (Lipinski definition) is 1. The van der Waals surface area contributed by atoms with Gasteiger partial charge in [0, 0.05) is 32.2 Å². The van der Waals surface area contributed by atoms with Crippen LogP contribution in [-0.4, -0.2) is 61.8 Å². The first-order chi connectivity index (χ1) is 12.8. The molecule has 1 atom stereocenters. The first-order valence-electron chi connectivity index (χ1n) is 9.29. The largest absolute Gasteiger partial charge is 0.352 e. The Morgan fingerprint density at radius 2 is 1.67 bits per heavy atom. The van der Waals surface area contributed by atoms with Gasteiger partial charge in [-0.25, -0.2) is 17.2 Å². The molecule has 0 spiro atoms. The monoisotopic (exact) mass is 401 g/mol. The van der Waals surface area contributed by atoms with E-state index in [0.717, 1.165) is 48.2 Å². The lowest BCUT2D eigenvalue weighted by atomic mass is 10.2. The van der Waals surface area contributed by atoms with Crippen LogP contribution in [0, 0.1) is 11.6 Å². The molecule has 27 heavy (non-hydrogen) atoms. The van der Waals surface area contributed by atoms with Crippen molar-refractivity contribution in [1.82, 2.24) is 14.5 Å². The maximum absolute atomic E-state index is 13.9. The summed E-state index contributed by atoms with van der Waals surface area (Å²) in [5.74, 6) is -2.25. The van der Waals surface area contributed by atoms with Crippen molar-refractivity contribution < 1.29 is 22.0 Å². The molecule has 1 aromatic rings. The minimum atomic E-state index is -4.26. The normalized spacial score (nSPS) is 21.3. The van der Waals surface area contributed by atoms with Gasteiger partial charge in [0.2, 0.25) is 15.9 Å². The Morgan fingerprint density at radius 3 is 2.22 bits per heavy atom. The SMILES string of the molecule is C[C@H](C(=O)NC1CCCC1)N1CCN(S(=O)(=O)c2c(F)cccc2F)CC1. The molecule has 0 bridgehead atoms. The molecule has 1 aromatic carbocycles. The van der Waals surface area contributed by atoms with Crippen LogP contribution in [0.1, 0.15) is 32.6 Å². The van der Waals surface area contributed by atoms with Crippen LogP contribution < -0.4 is 5.32 Å². The molecule has 9 heteroatoms. The highest BCUT2D eigenvalue weighted by atomic mass is 32.2. The van der Waals surface area contributed by atoms with Gasteiger partial charge in [-0.15, -0.1) is 0 Å². The summed E-state index contributed by atoms with van der Waals surface area (Å²) >= 11 is 0. The zero-order valence-corrected chi connectivity index (χ0v) is 16.1. The summed E-state index contributed by atoms with van der Waals surface area (Å²) in [5.41, 5.74) is 0. The molecule has 0 unspecified atom stereocenters. The van der Waals surface area contributed by atoms with E-state index in [1.54, 1.807) is 6.92 Å². The van der Waals surface area contributed by atoms with E-state index in [-0.39, 0.29) is 31.1 Å². The number of amides is 1. The van der Waals surface area contributed by atoms with Crippen LogP contribution in [-0.2, 0) is 14.8 Å². The van der Waals surface area contributed by atoms with Gasteiger partial charge >= 0.3 is 0 Å². The van der Waals surface area contributed by atoms with Crippen LogP contribution in [0.2, 0.25) is 0 Å². The van der Waals surface area contributed by atoms with Crippen molar-refractivity contribution in [3.8, 4) is 0 Å². The predicted octanol–water partition coefficient (Wildman–Crippen LogP) is 1.72. The summed E-state index contributed by atoms with van der Waals surface area (Å²) in [5, 5.41) is 3.05. The van der Waals surface area contributed by atoms with Crippen LogP contribution in [0.5, 0.6) is 0 Å². The molecule has 1 aliphatic heterocycles. The van der Waals surface area contributed by atoms with Gasteiger partial charge in [0.05, 0.1) is 6.04 Å². The topological polar surface area (TPSA) is 69.7 Å². The van der Waals surface area contributed by atoms with Crippen LogP contribution in [0.15, 0.2) is 23.1 Å². The summed E-state index contributed by atoms with van der Waals surface area (Å²) in [6, 6.07) is 2.85. The van der Waals surface area contributed by atoms with Crippen molar-refractivity contribution in [1.29, 1.82) is 0 Å². The summed E-state index contributed by atoms with van der Waals surface area (Å²) in [7, 11) is -4.26. The van der Waals surface area contributed by atoms with Gasteiger partial charge in [0.15, 0.2) is 4.90 Å². The zero-order chi connectivity index (χ0) is 19.6. The second-order valence-corrected chi connectivity index (χ2v) is 9.03. The number of benzene rings is 1. The van der Waals surface area contributed by atoms with Crippen molar-refractivity contribution in [2.45, 2.75) is 49.6 Å². The third-order valence-corrected chi connectivity index (χ3v) is 7.37. The number of carbonyl (C=O) groups excluding carboxylic acids is 1. The summed E-state index contributed by atoms with van der Waals surface area (Å²) in [6.45, 7) is 2.61. The molecule has 150 valence electrons. The van der Waals surface area contributed by atoms with Gasteiger partial charge in [-0.2, -0.15) is 4.31 Å². The van der Waals surface area contributed by atoms with Gasteiger partial charge in [-0.05, 0) is 31.9 Å². The van der Waals surface area contributed by atoms with Crippen LogP contribution >= 0.6 is 0 Å². The fraction of sp³-hybridized carbons (Fsp3) is 0.611. The first-order valence-corrected chi connectivity index (χ1v) is 10.7. The fourth-order valence-corrected chi connectivity index (χ4v) is 5.28. The third kappa shape index (κ3) is 4.30. The van der Waals surface area contributed by atoms with E-state index >= 15 is 0 Å². The lowest BCUT2D eigenvalue weighted by molar-refractivity contribution is -0.127. The molecule has 1 amide bonds. The number of carbonyl (C=O) groups is 1. The number of piperazine rings is 1. The number of rotatable bonds is 5. The van der Waals surface area contributed by atoms with E-state index in [9.17, 15) is 22.0 Å². The summed E-state index contributed by atoms with van der Waals surface area (Å²) in [6.07, 6.45) is 4.25. The van der Waals surface area contributed by atoms with Gasteiger partial charge in [0.25, 0.3) is 0 Å². The standard InChI is InChI=1S/C18H25F2N3O3S/c1-13(18(24)21-14-5-2-3-6-14)22-9-11-23(12-10-22)27(25,26)17-15(19)7-4-8-16(17)20/h4,7-8,13-14H,2-3,5-6,9-12H2,1H3,(H,21,24)/t13-/m1/s1. The highest BCUT2D eigenvalue weighted by Crippen LogP contribution is 2.24. The Balaban J connectivity index is 1.62. The van der Waals surface area contributed by atoms with Crippen LogP contribution in [0.3, 0.4) is 0 Å². The average Bonchev–Trinajstić information content (AvgIpc) is 3.14. The molecule has 3 rings (SSSR count). The molecular weight excluding hydrogens is 376 g/mol. The highest BCUT2D eigenvalue weighted by Gasteiger charge is 2.35. The van der Waals surface area contributed by atoms with E-state index in [1.807, 2.05) is 4.90 Å². The molecule has 1 saturated heterocycles. The highest BCUT2D eigenvalue weighted by molar-refractivity contribution is 7.89. The molecule has 1 heterocycles. The minimum Gasteiger partial charge on any atom is -0.352 e. The lowest BCUT2D eigenvalue weighted by Crippen LogP contribution is -2.55. The molecular formula is C18H25F2N3O3S. The zero-order valence-electron chi connectivity index (χ0n) is 15.3. The molecule has 2 aliphatic rings. The van der Waals surface area contributed by atoms with E-state index in [1.165, 1.54) is 0 Å². The van der Waals surface area contributed by atoms with Gasteiger partial charge in [-0.1, -0.05) is 18.9 Å². The molecule has 1 aliphatic carbocycles. The second kappa shape index (κ2) is 8.20. The summed E-state index contributed by atoms with van der Waals surface area (Å²) < 4.78 is 54.1. The van der Waals surface area contributed by atoms with E-state index in [0.29, 0.717) is 13.1 Å². The van der Waals surface area contributed by atoms with Crippen molar-refractivity contribution in [3.63, 3.8) is 0 Å². The number of nitrogens with zero attached hydrogens (tertiary/aromatic N) is 2. The third-order valence-electron chi connectivity index (χ3n) is 5.42. The Kier molecular flexibility index (Phi) is 6.12. The fourth-order valence-electron chi connectivity index (χ4n) is 3.75. The molecule has 6 nitrogen and oxygen atoms in total. The Bertz CT molecular complexity index is 769. The van der Waals surface area contributed by atoms with Crippen LogP contribution in [0.4, 0.5) is 8.78 Å². The molecule has 0 aromatic heterocycles. The smallest absolute Gasteiger partial charge is 0.249 e. The molecule has 0 radical (unpaired) electrons. The maximum Gasteiger partial charge on any atom is 0.249 e. The van der Waals surface area contributed by atoms with Crippen molar-refractivity contribution in [3.05, 3.63) is 29.8 Å². The number of nitrogens with one attached hydrogen (secondary N) is 1. The quantitative estimate of drug-likeness (QED) is 0.816. The second-order valence-electron chi connectivity index (χ2n) is 7.16. The Morgan fingerprint density at radius 1 is 1.11 bits per heavy atom. The maximum atomic E-state index is 13.9. The Hall–Kier alpha value is -1.58. The van der Waals surface area contributed by atoms with Crippen molar-refractivity contribution >= 4 is 15.9 Å². The predicted molar refractivity (Wildman–Crippen MR) is 96.6 cm³/mol.